The fourth-order valence-corrected chi connectivity index (χ4v) is 8.41. The number of likely N-dealkylation sites (tertiary alicyclic amines) is 2. The number of alkyl carbamates (subject to hydrolysis) is 1. The highest BCUT2D eigenvalue weighted by molar-refractivity contribution is 6.07. The molecule has 4 aromatic carbocycles. The summed E-state index contributed by atoms with van der Waals surface area (Å²) >= 11 is 0. The van der Waals surface area contributed by atoms with Gasteiger partial charge in [0.1, 0.15) is 54.3 Å². The molecule has 0 aliphatic carbocycles. The van der Waals surface area contributed by atoms with Gasteiger partial charge < -0.3 is 50.4 Å². The Morgan fingerprint density at radius 3 is 1.66 bits per heavy atom. The van der Waals surface area contributed by atoms with Gasteiger partial charge in [0.15, 0.2) is 0 Å². The van der Waals surface area contributed by atoms with Crippen LogP contribution in [0.1, 0.15) is 93.6 Å². The van der Waals surface area contributed by atoms with Crippen molar-refractivity contribution >= 4 is 59.6 Å². The Labute approximate surface area is 429 Å². The predicted octanol–water partition coefficient (Wildman–Crippen LogP) is 7.91. The summed E-state index contributed by atoms with van der Waals surface area (Å²) in [6, 6.07) is 12.0. The van der Waals surface area contributed by atoms with Gasteiger partial charge >= 0.3 is 12.2 Å². The Kier molecular flexibility index (Phi) is 18.6. The molecule has 5 N–H and O–H groups in total. The zero-order valence-electron chi connectivity index (χ0n) is 40.8. The third-order valence-corrected chi connectivity index (χ3v) is 12.7. The van der Waals surface area contributed by atoms with Crippen molar-refractivity contribution in [3.8, 4) is 11.5 Å². The molecule has 9 rings (SSSR count). The van der Waals surface area contributed by atoms with E-state index >= 15 is 0 Å². The van der Waals surface area contributed by atoms with Crippen LogP contribution in [0.5, 0.6) is 11.5 Å². The number of nitrogens with zero attached hydrogens (tertiary/aromatic N) is 4. The Bertz CT molecular complexity index is 2900. The summed E-state index contributed by atoms with van der Waals surface area (Å²) in [5.74, 6) is -2.56. The van der Waals surface area contributed by atoms with Gasteiger partial charge in [0.05, 0.1) is 48.0 Å². The molecule has 5 aromatic rings. The average Bonchev–Trinajstić information content (AvgIpc) is 4.11. The lowest BCUT2D eigenvalue weighted by Gasteiger charge is -2.28. The SMILES string of the molecule is CN1C(=O)CC[C@H]1COC(=O)n1ccnc1.Cc1cc(NC(=O)c2ccc(F)c3c2OCC[C@@H]3N)ccc1F.Cc1cc(NC(=O)c2ccc(F)c3c2OCC[C@@H]3NC(=O)OC[C@@H]2CCC(=O)N2C)ccc1F.Cl. The van der Waals surface area contributed by atoms with Crippen LogP contribution in [-0.4, -0.2) is 108 Å². The minimum Gasteiger partial charge on any atom is -0.492 e. The van der Waals surface area contributed by atoms with Crippen LogP contribution in [0.25, 0.3) is 0 Å². The molecule has 2 saturated heterocycles. The largest absolute Gasteiger partial charge is 0.492 e. The zero-order chi connectivity index (χ0) is 52.5. The number of halogens is 5. The molecule has 2 fully saturated rings. The van der Waals surface area contributed by atoms with E-state index in [0.29, 0.717) is 54.8 Å². The van der Waals surface area contributed by atoms with E-state index in [2.05, 4.69) is 20.9 Å². The number of fused-ring (bicyclic) bond motifs is 2. The second kappa shape index (κ2) is 24.8. The molecule has 18 nitrogen and oxygen atoms in total. The molecule has 1 aromatic heterocycles. The summed E-state index contributed by atoms with van der Waals surface area (Å²) in [5, 5.41) is 7.96. The topological polar surface area (TPSA) is 226 Å². The number of rotatable bonds is 9. The molecule has 4 atom stereocenters. The number of amides is 5. The van der Waals surface area contributed by atoms with Gasteiger partial charge in [-0.25, -0.2) is 36.7 Å². The second-order valence-electron chi connectivity index (χ2n) is 17.6. The molecule has 0 radical (unpaired) electrons. The predicted molar refractivity (Wildman–Crippen MR) is 263 cm³/mol. The third kappa shape index (κ3) is 13.3. The zero-order valence-corrected chi connectivity index (χ0v) is 41.6. The molecule has 5 heterocycles. The molecule has 5 amide bonds. The van der Waals surface area contributed by atoms with Gasteiger partial charge in [-0.15, -0.1) is 12.4 Å². The van der Waals surface area contributed by atoms with Crippen molar-refractivity contribution in [2.45, 2.75) is 76.5 Å². The van der Waals surface area contributed by atoms with E-state index in [0.717, 1.165) is 12.5 Å². The number of ether oxygens (including phenoxy) is 4. The lowest BCUT2D eigenvalue weighted by molar-refractivity contribution is -0.128. The average molecular weight is 1050 g/mol. The van der Waals surface area contributed by atoms with E-state index in [4.69, 9.17) is 24.7 Å². The minimum absolute atomic E-state index is 0. The molecule has 23 heteroatoms. The van der Waals surface area contributed by atoms with Gasteiger partial charge in [-0.2, -0.15) is 0 Å². The lowest BCUT2D eigenvalue weighted by Crippen LogP contribution is -2.37. The number of likely N-dealkylation sites (N-methyl/N-ethyl adjacent to an activating group) is 2. The third-order valence-electron chi connectivity index (χ3n) is 12.7. The highest BCUT2D eigenvalue weighted by Crippen LogP contribution is 2.38. The van der Waals surface area contributed by atoms with Crippen molar-refractivity contribution in [1.29, 1.82) is 0 Å². The molecule has 4 aliphatic heterocycles. The van der Waals surface area contributed by atoms with E-state index in [9.17, 15) is 46.3 Å². The summed E-state index contributed by atoms with van der Waals surface area (Å²) in [6.07, 6.45) is 6.25. The molecule has 4 aliphatic rings. The van der Waals surface area contributed by atoms with Crippen LogP contribution in [0.15, 0.2) is 79.4 Å². The Morgan fingerprint density at radius 2 is 1.18 bits per heavy atom. The van der Waals surface area contributed by atoms with Crippen LogP contribution in [0.4, 0.5) is 38.5 Å². The number of benzene rings is 4. The highest BCUT2D eigenvalue weighted by Gasteiger charge is 2.34. The van der Waals surface area contributed by atoms with Crippen molar-refractivity contribution in [2.75, 3.05) is 51.2 Å². The number of nitrogens with one attached hydrogen (secondary N) is 3. The number of hydrogen-bond acceptors (Lipinski definition) is 12. The molecule has 0 bridgehead atoms. The Morgan fingerprint density at radius 1 is 0.689 bits per heavy atom. The van der Waals surface area contributed by atoms with Crippen LogP contribution < -0.4 is 31.2 Å². The van der Waals surface area contributed by atoms with Crippen molar-refractivity contribution in [3.05, 3.63) is 136 Å². The summed E-state index contributed by atoms with van der Waals surface area (Å²) in [7, 11) is 3.39. The molecule has 0 spiro atoms. The minimum atomic E-state index is -0.764. The first-order chi connectivity index (χ1) is 34.9. The number of carbonyl (C=O) groups excluding carboxylic acids is 6. The summed E-state index contributed by atoms with van der Waals surface area (Å²) in [6.45, 7) is 3.93. The molecule has 0 unspecified atom stereocenters. The smallest absolute Gasteiger partial charge is 0.419 e. The standard InChI is InChI=1S/C24H25F2N3O5.C17H16F2N2O2.C10H13N3O3.ClH/c1-13-11-14(3-6-17(13)25)27-23(31)16-5-7-18(26)21-19(9-10-33-22(16)21)28-24(32)34-12-15-4-8-20(30)29(15)2;1-9-8-10(2-4-12(9)18)21-17(22)11-3-5-13(19)15-14(20)6-7-23-16(11)15;1-12-8(2-3-9(12)14)6-16-10(15)13-5-4-11-7-13;/h3,5-7,11,15,19H,4,8-10,12H2,1-2H3,(H,27,31)(H,28,32);2-5,8,14H,6-7,20H2,1H3,(H,21,22);4-5,7-8H,2-3,6H2,1H3;1H/t15-,19-;14-;8-;/m000./s1. The van der Waals surface area contributed by atoms with E-state index in [1.807, 2.05) is 0 Å². The Balaban J connectivity index is 0.000000193. The quantitative estimate of drug-likeness (QED) is 0.103. The lowest BCUT2D eigenvalue weighted by atomic mass is 9.96. The number of nitrogens with two attached hydrogens (primary N) is 1. The second-order valence-corrected chi connectivity index (χ2v) is 17.6. The number of carbonyl (C=O) groups is 6. The maximum absolute atomic E-state index is 14.8. The van der Waals surface area contributed by atoms with Gasteiger partial charge in [0, 0.05) is 75.2 Å². The molecular formula is C51H55ClF4N8O10. The summed E-state index contributed by atoms with van der Waals surface area (Å²) in [5.41, 5.74) is 8.10. The molecule has 0 saturated carbocycles. The van der Waals surface area contributed by atoms with E-state index in [-0.39, 0.29) is 102 Å². The van der Waals surface area contributed by atoms with Crippen molar-refractivity contribution in [3.63, 3.8) is 0 Å². The van der Waals surface area contributed by atoms with Crippen molar-refractivity contribution < 1.29 is 65.3 Å². The van der Waals surface area contributed by atoms with Crippen molar-refractivity contribution in [1.82, 2.24) is 24.7 Å². The molecule has 74 heavy (non-hydrogen) atoms. The highest BCUT2D eigenvalue weighted by atomic mass is 35.5. The van der Waals surface area contributed by atoms with Crippen LogP contribution in [0.2, 0.25) is 0 Å². The first kappa shape index (κ1) is 55.6. The van der Waals surface area contributed by atoms with Crippen molar-refractivity contribution in [2.24, 2.45) is 5.73 Å². The van der Waals surface area contributed by atoms with Crippen LogP contribution in [0.3, 0.4) is 0 Å². The van der Waals surface area contributed by atoms with Crippen LogP contribution in [0, 0.1) is 37.1 Å². The van der Waals surface area contributed by atoms with Crippen LogP contribution in [-0.2, 0) is 19.1 Å². The monoisotopic (exact) mass is 1050 g/mol. The van der Waals surface area contributed by atoms with Gasteiger partial charge in [0.25, 0.3) is 11.8 Å². The fraction of sp³-hybridized carbons (Fsp3) is 0.353. The number of hydrogen-bond donors (Lipinski definition) is 4. The van der Waals surface area contributed by atoms with Crippen LogP contribution >= 0.6 is 12.4 Å². The fourth-order valence-electron chi connectivity index (χ4n) is 8.41. The summed E-state index contributed by atoms with van der Waals surface area (Å²) in [4.78, 5) is 78.9. The van der Waals surface area contributed by atoms with Gasteiger partial charge in [-0.3, -0.25) is 19.2 Å². The molecule has 394 valence electrons. The maximum atomic E-state index is 14.8. The molecular weight excluding hydrogens is 996 g/mol. The first-order valence-electron chi connectivity index (χ1n) is 23.3. The maximum Gasteiger partial charge on any atom is 0.419 e. The summed E-state index contributed by atoms with van der Waals surface area (Å²) < 4.78 is 78.2. The van der Waals surface area contributed by atoms with Gasteiger partial charge in [-0.1, -0.05) is 0 Å². The van der Waals surface area contributed by atoms with Gasteiger partial charge in [-0.05, 0) is 98.5 Å². The first-order valence-corrected chi connectivity index (χ1v) is 23.3. The normalized spacial score (nSPS) is 18.3. The van der Waals surface area contributed by atoms with E-state index in [1.54, 1.807) is 37.7 Å². The number of anilines is 2. The van der Waals surface area contributed by atoms with Gasteiger partial charge in [0.2, 0.25) is 11.8 Å². The number of imidazole rings is 1. The number of aryl methyl sites for hydroxylation is 2. The number of aromatic nitrogens is 2. The van der Waals surface area contributed by atoms with E-state index in [1.165, 1.54) is 77.9 Å². The van der Waals surface area contributed by atoms with E-state index < -0.39 is 53.5 Å². The Hall–Kier alpha value is -7.72.